The smallest absolute Gasteiger partial charge is 0.399 e. The van der Waals surface area contributed by atoms with E-state index in [-0.39, 0.29) is 18.3 Å². The van der Waals surface area contributed by atoms with E-state index in [9.17, 15) is 0 Å². The predicted octanol–water partition coefficient (Wildman–Crippen LogP) is 3.97. The highest BCUT2D eigenvalue weighted by Crippen LogP contribution is 2.36. The standard InChI is InChI=1S/C19H26BNO2/c1-12(2)15-10-13(3)21-17-9-8-14(11-16(15)17)20-22-18(4,5)19(6,7)23-20/h8-12H,1-7H3. The number of nitrogens with zero attached hydrogens (tertiary/aromatic N) is 1. The molecule has 0 atom stereocenters. The van der Waals surface area contributed by atoms with Gasteiger partial charge < -0.3 is 9.31 Å². The van der Waals surface area contributed by atoms with Crippen LogP contribution in [-0.4, -0.2) is 23.3 Å². The van der Waals surface area contributed by atoms with Crippen LogP contribution in [-0.2, 0) is 9.31 Å². The van der Waals surface area contributed by atoms with Gasteiger partial charge in [-0.25, -0.2) is 0 Å². The van der Waals surface area contributed by atoms with E-state index in [0.29, 0.717) is 5.92 Å². The lowest BCUT2D eigenvalue weighted by molar-refractivity contribution is 0.00578. The van der Waals surface area contributed by atoms with Crippen LogP contribution in [0.2, 0.25) is 0 Å². The summed E-state index contributed by atoms with van der Waals surface area (Å²) < 4.78 is 12.4. The van der Waals surface area contributed by atoms with E-state index in [1.165, 1.54) is 10.9 Å². The number of aryl methyl sites for hydroxylation is 1. The van der Waals surface area contributed by atoms with Crippen molar-refractivity contribution in [3.8, 4) is 0 Å². The minimum absolute atomic E-state index is 0.320. The van der Waals surface area contributed by atoms with E-state index in [2.05, 4.69) is 70.8 Å². The van der Waals surface area contributed by atoms with Crippen LogP contribution in [0.4, 0.5) is 0 Å². The summed E-state index contributed by atoms with van der Waals surface area (Å²) in [6.07, 6.45) is 0. The molecule has 0 unspecified atom stereocenters. The third kappa shape index (κ3) is 2.79. The van der Waals surface area contributed by atoms with Crippen LogP contribution in [0.25, 0.3) is 10.9 Å². The molecule has 1 aliphatic rings. The van der Waals surface area contributed by atoms with Gasteiger partial charge in [0.1, 0.15) is 0 Å². The van der Waals surface area contributed by atoms with E-state index < -0.39 is 0 Å². The molecular weight excluding hydrogens is 285 g/mol. The topological polar surface area (TPSA) is 31.4 Å². The SMILES string of the molecule is Cc1cc(C(C)C)c2cc(B3OC(C)(C)C(C)(C)O3)ccc2n1. The lowest BCUT2D eigenvalue weighted by Gasteiger charge is -2.32. The van der Waals surface area contributed by atoms with Gasteiger partial charge in [-0.3, -0.25) is 4.98 Å². The van der Waals surface area contributed by atoms with Crippen LogP contribution < -0.4 is 5.46 Å². The minimum atomic E-state index is -0.328. The van der Waals surface area contributed by atoms with Crippen LogP contribution in [0.5, 0.6) is 0 Å². The first-order chi connectivity index (χ1) is 10.6. The maximum absolute atomic E-state index is 6.18. The van der Waals surface area contributed by atoms with Crippen LogP contribution in [0.3, 0.4) is 0 Å². The van der Waals surface area contributed by atoms with E-state index in [0.717, 1.165) is 16.7 Å². The van der Waals surface area contributed by atoms with Gasteiger partial charge in [0.15, 0.2) is 0 Å². The maximum atomic E-state index is 6.18. The Kier molecular flexibility index (Phi) is 3.81. The molecule has 122 valence electrons. The Hall–Kier alpha value is -1.39. The van der Waals surface area contributed by atoms with E-state index in [1.807, 2.05) is 6.92 Å². The molecule has 0 radical (unpaired) electrons. The van der Waals surface area contributed by atoms with Crippen molar-refractivity contribution >= 4 is 23.5 Å². The number of aromatic nitrogens is 1. The molecule has 0 amide bonds. The summed E-state index contributed by atoms with van der Waals surface area (Å²) in [5.74, 6) is 0.452. The maximum Gasteiger partial charge on any atom is 0.494 e. The highest BCUT2D eigenvalue weighted by molar-refractivity contribution is 6.62. The first-order valence-electron chi connectivity index (χ1n) is 8.37. The Balaban J connectivity index is 2.08. The second-order valence-electron chi connectivity index (χ2n) is 7.87. The zero-order valence-corrected chi connectivity index (χ0v) is 15.2. The van der Waals surface area contributed by atoms with Crippen molar-refractivity contribution in [3.63, 3.8) is 0 Å². The van der Waals surface area contributed by atoms with Gasteiger partial charge in [-0.05, 0) is 63.7 Å². The first-order valence-corrected chi connectivity index (χ1v) is 8.37. The van der Waals surface area contributed by atoms with Crippen molar-refractivity contribution in [3.05, 3.63) is 35.5 Å². The van der Waals surface area contributed by atoms with Crippen LogP contribution in [0.1, 0.15) is 58.7 Å². The molecule has 1 fully saturated rings. The summed E-state index contributed by atoms with van der Waals surface area (Å²) in [6, 6.07) is 8.51. The van der Waals surface area contributed by atoms with E-state index >= 15 is 0 Å². The molecule has 0 bridgehead atoms. The second kappa shape index (κ2) is 5.32. The third-order valence-corrected chi connectivity index (χ3v) is 5.14. The van der Waals surface area contributed by atoms with E-state index in [4.69, 9.17) is 9.31 Å². The number of hydrogen-bond acceptors (Lipinski definition) is 3. The van der Waals surface area contributed by atoms with Gasteiger partial charge in [-0.15, -0.1) is 0 Å². The van der Waals surface area contributed by atoms with Gasteiger partial charge in [-0.1, -0.05) is 26.0 Å². The number of rotatable bonds is 2. The van der Waals surface area contributed by atoms with Gasteiger partial charge in [0.05, 0.1) is 16.7 Å². The van der Waals surface area contributed by atoms with Crippen LogP contribution >= 0.6 is 0 Å². The van der Waals surface area contributed by atoms with Crippen molar-refractivity contribution in [1.29, 1.82) is 0 Å². The van der Waals surface area contributed by atoms with Gasteiger partial charge in [0.2, 0.25) is 0 Å². The molecule has 23 heavy (non-hydrogen) atoms. The Morgan fingerprint density at radius 1 is 1.00 bits per heavy atom. The summed E-state index contributed by atoms with van der Waals surface area (Å²) in [5.41, 5.74) is 3.84. The molecule has 1 aromatic heterocycles. The average molecular weight is 311 g/mol. The fourth-order valence-corrected chi connectivity index (χ4v) is 3.01. The molecule has 4 heteroatoms. The molecule has 0 N–H and O–H groups in total. The lowest BCUT2D eigenvalue weighted by Crippen LogP contribution is -2.41. The molecular formula is C19H26BNO2. The van der Waals surface area contributed by atoms with Gasteiger partial charge in [-0.2, -0.15) is 0 Å². The van der Waals surface area contributed by atoms with Crippen LogP contribution in [0.15, 0.2) is 24.3 Å². The molecule has 0 aliphatic carbocycles. The van der Waals surface area contributed by atoms with Crippen molar-refractivity contribution in [2.75, 3.05) is 0 Å². The molecule has 1 aliphatic heterocycles. The fraction of sp³-hybridized carbons (Fsp3) is 0.526. The van der Waals surface area contributed by atoms with Crippen molar-refractivity contribution < 1.29 is 9.31 Å². The highest BCUT2D eigenvalue weighted by Gasteiger charge is 2.51. The summed E-state index contributed by atoms with van der Waals surface area (Å²) in [7, 11) is -0.328. The summed E-state index contributed by atoms with van der Waals surface area (Å²) in [4.78, 5) is 4.66. The zero-order chi connectivity index (χ0) is 17.0. The molecule has 1 aromatic carbocycles. The predicted molar refractivity (Wildman–Crippen MR) is 96.3 cm³/mol. The fourth-order valence-electron chi connectivity index (χ4n) is 3.01. The van der Waals surface area contributed by atoms with Crippen molar-refractivity contribution in [1.82, 2.24) is 4.98 Å². The molecule has 1 saturated heterocycles. The summed E-state index contributed by atoms with van der Waals surface area (Å²) in [6.45, 7) is 14.8. The minimum Gasteiger partial charge on any atom is -0.399 e. The second-order valence-corrected chi connectivity index (χ2v) is 7.87. The Labute approximate surface area is 139 Å². The average Bonchev–Trinajstić information content (AvgIpc) is 2.66. The number of pyridine rings is 1. The molecule has 3 nitrogen and oxygen atoms in total. The van der Waals surface area contributed by atoms with Gasteiger partial charge >= 0.3 is 7.12 Å². The zero-order valence-electron chi connectivity index (χ0n) is 15.2. The lowest BCUT2D eigenvalue weighted by atomic mass is 9.78. The molecule has 0 spiro atoms. The normalized spacial score (nSPS) is 19.7. The quantitative estimate of drug-likeness (QED) is 0.787. The van der Waals surface area contributed by atoms with Crippen LogP contribution in [0, 0.1) is 6.92 Å². The molecule has 0 saturated carbocycles. The number of fused-ring (bicyclic) bond motifs is 1. The van der Waals surface area contributed by atoms with E-state index in [1.54, 1.807) is 0 Å². The number of hydrogen-bond donors (Lipinski definition) is 0. The Morgan fingerprint density at radius 3 is 2.17 bits per heavy atom. The van der Waals surface area contributed by atoms with Crippen molar-refractivity contribution in [2.24, 2.45) is 0 Å². The number of benzene rings is 1. The largest absolute Gasteiger partial charge is 0.494 e. The Morgan fingerprint density at radius 2 is 1.61 bits per heavy atom. The monoisotopic (exact) mass is 311 g/mol. The van der Waals surface area contributed by atoms with Gasteiger partial charge in [0, 0.05) is 11.1 Å². The molecule has 2 heterocycles. The summed E-state index contributed by atoms with van der Waals surface area (Å²) in [5, 5.41) is 1.19. The first kappa shape index (κ1) is 16.5. The van der Waals surface area contributed by atoms with Crippen molar-refractivity contribution in [2.45, 2.75) is 65.6 Å². The summed E-state index contributed by atoms with van der Waals surface area (Å²) >= 11 is 0. The molecule has 3 rings (SSSR count). The highest BCUT2D eigenvalue weighted by atomic mass is 16.7. The van der Waals surface area contributed by atoms with Gasteiger partial charge in [0.25, 0.3) is 0 Å². The Bertz CT molecular complexity index is 736. The third-order valence-electron chi connectivity index (χ3n) is 5.14. The molecule has 2 aromatic rings.